The van der Waals surface area contributed by atoms with Crippen LogP contribution in [0.1, 0.15) is 32.6 Å². The fourth-order valence-electron chi connectivity index (χ4n) is 0.687. The molecule has 0 saturated heterocycles. The van der Waals surface area contributed by atoms with Crippen LogP contribution in [0.25, 0.3) is 0 Å². The van der Waals surface area contributed by atoms with Crippen LogP contribution in [0.15, 0.2) is 12.2 Å². The van der Waals surface area contributed by atoms with Gasteiger partial charge in [-0.2, -0.15) is 0 Å². The monoisotopic (exact) mass is 160 g/mol. The lowest BCUT2D eigenvalue weighted by atomic mass is 10.1. The quantitative estimate of drug-likeness (QED) is 0.343. The fraction of sp³-hybridized carbons (Fsp3) is 0.625. The van der Waals surface area contributed by atoms with Gasteiger partial charge in [0.25, 0.3) is 0 Å². The molecule has 1 nitrogen and oxygen atoms in total. The highest BCUT2D eigenvalue weighted by atomic mass is 35.5. The Morgan fingerprint density at radius 1 is 1.50 bits per heavy atom. The zero-order valence-electron chi connectivity index (χ0n) is 6.32. The lowest BCUT2D eigenvalue weighted by molar-refractivity contribution is -0.108. The van der Waals surface area contributed by atoms with Crippen LogP contribution in [-0.2, 0) is 4.79 Å². The van der Waals surface area contributed by atoms with Crippen LogP contribution in [0.5, 0.6) is 0 Å². The second-order valence-corrected chi connectivity index (χ2v) is 2.68. The second kappa shape index (κ2) is 5.48. The summed E-state index contributed by atoms with van der Waals surface area (Å²) in [5.74, 6) is 0. The highest BCUT2D eigenvalue weighted by Gasteiger charge is 2.00. The summed E-state index contributed by atoms with van der Waals surface area (Å²) in [6.07, 6.45) is 4.07. The summed E-state index contributed by atoms with van der Waals surface area (Å²) in [5, 5.41) is -0.392. The van der Waals surface area contributed by atoms with E-state index < -0.39 is 5.24 Å². The standard InChI is InChI=1S/C8H13ClO/c1-3-4-5-6-7(2)8(9)10/h2-6H2,1H3. The minimum atomic E-state index is -0.392. The Labute approximate surface area is 67.1 Å². The molecule has 0 aliphatic carbocycles. The summed E-state index contributed by atoms with van der Waals surface area (Å²) < 4.78 is 0. The molecule has 58 valence electrons. The molecule has 2 heteroatoms. The van der Waals surface area contributed by atoms with Crippen LogP contribution >= 0.6 is 11.6 Å². The Morgan fingerprint density at radius 3 is 2.50 bits per heavy atom. The molecule has 0 heterocycles. The number of hydrogen-bond donors (Lipinski definition) is 0. The van der Waals surface area contributed by atoms with Gasteiger partial charge in [-0.25, -0.2) is 0 Å². The molecule has 0 aliphatic heterocycles. The first kappa shape index (κ1) is 9.70. The van der Waals surface area contributed by atoms with Crippen LogP contribution in [0.4, 0.5) is 0 Å². The third-order valence-electron chi connectivity index (χ3n) is 1.36. The molecule has 0 aromatic carbocycles. The molecule has 0 amide bonds. The number of allylic oxidation sites excluding steroid dienone is 1. The Hall–Kier alpha value is -0.300. The van der Waals surface area contributed by atoms with E-state index in [-0.39, 0.29) is 0 Å². The van der Waals surface area contributed by atoms with E-state index in [1.54, 1.807) is 0 Å². The number of carbonyl (C=O) groups excluding carboxylic acids is 1. The van der Waals surface area contributed by atoms with E-state index >= 15 is 0 Å². The number of halogens is 1. The van der Waals surface area contributed by atoms with Gasteiger partial charge in [-0.3, -0.25) is 4.79 Å². The Morgan fingerprint density at radius 2 is 2.10 bits per heavy atom. The summed E-state index contributed by atoms with van der Waals surface area (Å²) in [5.41, 5.74) is 0.537. The van der Waals surface area contributed by atoms with Crippen molar-refractivity contribution in [3.8, 4) is 0 Å². The maximum Gasteiger partial charge on any atom is 0.247 e. The zero-order valence-corrected chi connectivity index (χ0v) is 7.08. The van der Waals surface area contributed by atoms with Crippen molar-refractivity contribution >= 4 is 16.8 Å². The third-order valence-corrected chi connectivity index (χ3v) is 1.63. The number of carbonyl (C=O) groups is 1. The van der Waals surface area contributed by atoms with Crippen LogP contribution in [0.2, 0.25) is 0 Å². The highest BCUT2D eigenvalue weighted by molar-refractivity contribution is 6.67. The summed E-state index contributed by atoms with van der Waals surface area (Å²) >= 11 is 5.17. The third kappa shape index (κ3) is 4.57. The Bertz CT molecular complexity index is 129. The van der Waals surface area contributed by atoms with Gasteiger partial charge in [0.15, 0.2) is 0 Å². The van der Waals surface area contributed by atoms with E-state index in [4.69, 9.17) is 11.6 Å². The molecular weight excluding hydrogens is 148 g/mol. The van der Waals surface area contributed by atoms with Crippen molar-refractivity contribution in [2.45, 2.75) is 32.6 Å². The highest BCUT2D eigenvalue weighted by Crippen LogP contribution is 2.08. The molecule has 0 radical (unpaired) electrons. The van der Waals surface area contributed by atoms with Gasteiger partial charge in [-0.1, -0.05) is 26.3 Å². The predicted molar refractivity (Wildman–Crippen MR) is 44.1 cm³/mol. The summed E-state index contributed by atoms with van der Waals surface area (Å²) in [6.45, 7) is 5.66. The number of unbranched alkanes of at least 4 members (excludes halogenated alkanes) is 2. The molecule has 0 aromatic rings. The van der Waals surface area contributed by atoms with Crippen molar-refractivity contribution in [1.82, 2.24) is 0 Å². The Balaban J connectivity index is 3.31. The molecule has 0 unspecified atom stereocenters. The molecular formula is C8H13ClO. The largest absolute Gasteiger partial charge is 0.276 e. The van der Waals surface area contributed by atoms with Crippen LogP contribution < -0.4 is 0 Å². The molecule has 0 spiro atoms. The SMILES string of the molecule is C=C(CCCCC)C(=O)Cl. The minimum Gasteiger partial charge on any atom is -0.276 e. The first-order valence-electron chi connectivity index (χ1n) is 3.56. The van der Waals surface area contributed by atoms with Gasteiger partial charge in [0.05, 0.1) is 0 Å². The average Bonchev–Trinajstić information content (AvgIpc) is 1.88. The van der Waals surface area contributed by atoms with Crippen molar-refractivity contribution < 1.29 is 4.79 Å². The van der Waals surface area contributed by atoms with Crippen molar-refractivity contribution in [3.63, 3.8) is 0 Å². The van der Waals surface area contributed by atoms with E-state index in [1.807, 2.05) is 0 Å². The van der Waals surface area contributed by atoms with Gasteiger partial charge >= 0.3 is 0 Å². The smallest absolute Gasteiger partial charge is 0.247 e. The number of rotatable bonds is 5. The van der Waals surface area contributed by atoms with E-state index in [0.29, 0.717) is 5.57 Å². The van der Waals surface area contributed by atoms with Crippen LogP contribution in [0, 0.1) is 0 Å². The molecule has 0 N–H and O–H groups in total. The zero-order chi connectivity index (χ0) is 7.98. The lowest BCUT2D eigenvalue weighted by Gasteiger charge is -1.96. The first-order chi connectivity index (χ1) is 4.68. The van der Waals surface area contributed by atoms with Gasteiger partial charge in [0, 0.05) is 5.57 Å². The molecule has 0 bridgehead atoms. The van der Waals surface area contributed by atoms with Crippen molar-refractivity contribution in [2.24, 2.45) is 0 Å². The molecule has 0 aliphatic rings. The second-order valence-electron chi connectivity index (χ2n) is 2.33. The van der Waals surface area contributed by atoms with Gasteiger partial charge in [0.1, 0.15) is 0 Å². The van der Waals surface area contributed by atoms with Crippen molar-refractivity contribution in [2.75, 3.05) is 0 Å². The minimum absolute atomic E-state index is 0.392. The van der Waals surface area contributed by atoms with E-state index in [1.165, 1.54) is 0 Å². The topological polar surface area (TPSA) is 17.1 Å². The normalized spacial score (nSPS) is 9.40. The maximum atomic E-state index is 10.4. The fourth-order valence-corrected chi connectivity index (χ4v) is 0.781. The molecule has 0 aromatic heterocycles. The maximum absolute atomic E-state index is 10.4. The van der Waals surface area contributed by atoms with Gasteiger partial charge in [-0.15, -0.1) is 0 Å². The average molecular weight is 161 g/mol. The van der Waals surface area contributed by atoms with Gasteiger partial charge < -0.3 is 0 Å². The predicted octanol–water partition coefficient (Wildman–Crippen LogP) is 2.89. The lowest BCUT2D eigenvalue weighted by Crippen LogP contribution is -1.90. The van der Waals surface area contributed by atoms with Crippen LogP contribution in [0.3, 0.4) is 0 Å². The van der Waals surface area contributed by atoms with E-state index in [0.717, 1.165) is 25.7 Å². The summed E-state index contributed by atoms with van der Waals surface area (Å²) in [7, 11) is 0. The first-order valence-corrected chi connectivity index (χ1v) is 3.94. The van der Waals surface area contributed by atoms with Gasteiger partial charge in [0.2, 0.25) is 5.24 Å². The van der Waals surface area contributed by atoms with Crippen molar-refractivity contribution in [3.05, 3.63) is 12.2 Å². The van der Waals surface area contributed by atoms with E-state index in [9.17, 15) is 4.79 Å². The number of hydrogen-bond acceptors (Lipinski definition) is 1. The summed E-state index contributed by atoms with van der Waals surface area (Å²) in [4.78, 5) is 10.4. The summed E-state index contributed by atoms with van der Waals surface area (Å²) in [6, 6.07) is 0. The molecule has 0 rings (SSSR count). The molecule has 0 atom stereocenters. The van der Waals surface area contributed by atoms with Crippen LogP contribution in [-0.4, -0.2) is 5.24 Å². The van der Waals surface area contributed by atoms with Gasteiger partial charge in [-0.05, 0) is 24.4 Å². The molecule has 0 fully saturated rings. The van der Waals surface area contributed by atoms with Crippen molar-refractivity contribution in [1.29, 1.82) is 0 Å². The van der Waals surface area contributed by atoms with E-state index in [2.05, 4.69) is 13.5 Å². The molecule has 0 saturated carbocycles. The Kier molecular flexibility index (Phi) is 5.32. The molecule has 10 heavy (non-hydrogen) atoms.